The molecule has 0 bridgehead atoms. The number of carbonyl (C=O) groups excluding carboxylic acids is 1. The summed E-state index contributed by atoms with van der Waals surface area (Å²) in [6.45, 7) is 3.38. The van der Waals surface area contributed by atoms with Crippen molar-refractivity contribution in [1.82, 2.24) is 19.5 Å². The fourth-order valence-electron chi connectivity index (χ4n) is 2.61. The smallest absolute Gasteiger partial charge is 0.168 e. The summed E-state index contributed by atoms with van der Waals surface area (Å²) in [5.74, 6) is 0.819. The van der Waals surface area contributed by atoms with E-state index >= 15 is 0 Å². The van der Waals surface area contributed by atoms with Gasteiger partial charge < -0.3 is 4.90 Å². The summed E-state index contributed by atoms with van der Waals surface area (Å²) in [4.78, 5) is 17.9. The summed E-state index contributed by atoms with van der Waals surface area (Å²) in [5, 5.41) is 4.42. The summed E-state index contributed by atoms with van der Waals surface area (Å²) in [6, 6.07) is 5.47. The molecule has 1 fully saturated rings. The lowest BCUT2D eigenvalue weighted by Gasteiger charge is -2.25. The Hall–Kier alpha value is -1.75. The molecular formula is C14H18N4O. The van der Waals surface area contributed by atoms with Crippen LogP contribution in [0.5, 0.6) is 0 Å². The molecule has 3 heterocycles. The van der Waals surface area contributed by atoms with Gasteiger partial charge in [-0.05, 0) is 38.1 Å². The lowest BCUT2D eigenvalue weighted by Crippen LogP contribution is -2.31. The molecule has 5 heteroatoms. The zero-order valence-corrected chi connectivity index (χ0v) is 11.0. The third kappa shape index (κ3) is 2.66. The summed E-state index contributed by atoms with van der Waals surface area (Å²) in [7, 11) is 0. The molecule has 19 heavy (non-hydrogen) atoms. The second-order valence-corrected chi connectivity index (χ2v) is 5.02. The van der Waals surface area contributed by atoms with Gasteiger partial charge in [-0.3, -0.25) is 4.79 Å². The number of hydrogen-bond acceptors (Lipinski definition) is 4. The van der Waals surface area contributed by atoms with Gasteiger partial charge >= 0.3 is 0 Å². The van der Waals surface area contributed by atoms with Crippen molar-refractivity contribution in [2.45, 2.75) is 25.7 Å². The molecule has 5 nitrogen and oxygen atoms in total. The molecule has 2 aromatic rings. The van der Waals surface area contributed by atoms with E-state index in [2.05, 4.69) is 15.0 Å². The van der Waals surface area contributed by atoms with Gasteiger partial charge in [-0.25, -0.2) is 9.50 Å². The fourth-order valence-corrected chi connectivity index (χ4v) is 2.61. The lowest BCUT2D eigenvalue weighted by molar-refractivity contribution is 0.111. The first-order valence-corrected chi connectivity index (χ1v) is 6.89. The third-order valence-electron chi connectivity index (χ3n) is 3.65. The Morgan fingerprint density at radius 3 is 2.84 bits per heavy atom. The van der Waals surface area contributed by atoms with Crippen LogP contribution >= 0.6 is 0 Å². The van der Waals surface area contributed by atoms with E-state index in [9.17, 15) is 4.79 Å². The minimum Gasteiger partial charge on any atom is -0.303 e. The number of pyridine rings is 1. The van der Waals surface area contributed by atoms with Crippen molar-refractivity contribution in [3.05, 3.63) is 29.7 Å². The van der Waals surface area contributed by atoms with Crippen molar-refractivity contribution >= 4 is 11.9 Å². The van der Waals surface area contributed by atoms with Crippen LogP contribution in [0.3, 0.4) is 0 Å². The van der Waals surface area contributed by atoms with Crippen molar-refractivity contribution in [3.8, 4) is 0 Å². The summed E-state index contributed by atoms with van der Waals surface area (Å²) in [6.07, 6.45) is 5.61. The van der Waals surface area contributed by atoms with Crippen LogP contribution in [0.2, 0.25) is 0 Å². The van der Waals surface area contributed by atoms with Gasteiger partial charge in [0.05, 0.1) is 0 Å². The van der Waals surface area contributed by atoms with Gasteiger partial charge in [0.15, 0.2) is 17.8 Å². The van der Waals surface area contributed by atoms with Crippen LogP contribution in [0.1, 0.15) is 35.6 Å². The molecule has 1 saturated heterocycles. The fraction of sp³-hybridized carbons (Fsp3) is 0.500. The zero-order valence-electron chi connectivity index (χ0n) is 11.0. The van der Waals surface area contributed by atoms with E-state index in [0.29, 0.717) is 5.69 Å². The van der Waals surface area contributed by atoms with Crippen molar-refractivity contribution in [2.75, 3.05) is 19.6 Å². The Bertz CT molecular complexity index is 572. The molecule has 100 valence electrons. The highest BCUT2D eigenvalue weighted by atomic mass is 16.1. The molecule has 2 aromatic heterocycles. The van der Waals surface area contributed by atoms with Gasteiger partial charge in [0.1, 0.15) is 5.69 Å². The van der Waals surface area contributed by atoms with Crippen molar-refractivity contribution < 1.29 is 4.79 Å². The van der Waals surface area contributed by atoms with Crippen molar-refractivity contribution in [3.63, 3.8) is 0 Å². The number of fused-ring (bicyclic) bond motifs is 1. The summed E-state index contributed by atoms with van der Waals surface area (Å²) >= 11 is 0. The quantitative estimate of drug-likeness (QED) is 0.781. The van der Waals surface area contributed by atoms with Crippen molar-refractivity contribution in [2.24, 2.45) is 0 Å². The Labute approximate surface area is 112 Å². The standard InChI is InChI=1S/C14H18N4O/c19-11-12-5-4-6-14-15-13(16-18(12)14)7-10-17-8-2-1-3-9-17/h4-6,11H,1-3,7-10H2. The Morgan fingerprint density at radius 1 is 1.21 bits per heavy atom. The molecular weight excluding hydrogens is 240 g/mol. The highest BCUT2D eigenvalue weighted by molar-refractivity contribution is 5.73. The van der Waals surface area contributed by atoms with Gasteiger partial charge in [0.25, 0.3) is 0 Å². The number of rotatable bonds is 4. The van der Waals surface area contributed by atoms with E-state index in [0.717, 1.165) is 30.7 Å². The predicted molar refractivity (Wildman–Crippen MR) is 72.4 cm³/mol. The molecule has 1 aliphatic heterocycles. The third-order valence-corrected chi connectivity index (χ3v) is 3.65. The topological polar surface area (TPSA) is 50.5 Å². The first kappa shape index (κ1) is 12.3. The van der Waals surface area contributed by atoms with Gasteiger partial charge in [-0.1, -0.05) is 12.5 Å². The van der Waals surface area contributed by atoms with E-state index in [1.807, 2.05) is 12.1 Å². The van der Waals surface area contributed by atoms with Crippen LogP contribution < -0.4 is 0 Å². The molecule has 0 saturated carbocycles. The second kappa shape index (κ2) is 5.48. The largest absolute Gasteiger partial charge is 0.303 e. The average molecular weight is 258 g/mol. The van der Waals surface area contributed by atoms with Crippen LogP contribution in [0, 0.1) is 0 Å². The number of nitrogens with zero attached hydrogens (tertiary/aromatic N) is 4. The van der Waals surface area contributed by atoms with Gasteiger partial charge in [0.2, 0.25) is 0 Å². The van der Waals surface area contributed by atoms with Gasteiger partial charge in [-0.15, -0.1) is 0 Å². The molecule has 3 rings (SSSR count). The SMILES string of the molecule is O=Cc1cccc2nc(CCN3CCCCC3)nn12. The van der Waals surface area contributed by atoms with E-state index in [1.165, 1.54) is 32.4 Å². The van der Waals surface area contributed by atoms with Crippen LogP contribution in [-0.2, 0) is 6.42 Å². The Morgan fingerprint density at radius 2 is 2.05 bits per heavy atom. The minimum atomic E-state index is 0.550. The maximum atomic E-state index is 10.9. The molecule has 0 unspecified atom stereocenters. The molecule has 0 spiro atoms. The summed E-state index contributed by atoms with van der Waals surface area (Å²) < 4.78 is 1.62. The van der Waals surface area contributed by atoms with Crippen LogP contribution in [0.15, 0.2) is 18.2 Å². The number of hydrogen-bond donors (Lipinski definition) is 0. The van der Waals surface area contributed by atoms with Gasteiger partial charge in [0, 0.05) is 13.0 Å². The second-order valence-electron chi connectivity index (χ2n) is 5.02. The number of aromatic nitrogens is 3. The number of aldehydes is 1. The molecule has 0 aliphatic carbocycles. The molecule has 0 atom stereocenters. The van der Waals surface area contributed by atoms with Crippen LogP contribution in [-0.4, -0.2) is 45.4 Å². The first-order valence-electron chi connectivity index (χ1n) is 6.89. The van der Waals surface area contributed by atoms with E-state index in [4.69, 9.17) is 0 Å². The van der Waals surface area contributed by atoms with Gasteiger partial charge in [-0.2, -0.15) is 5.10 Å². The highest BCUT2D eigenvalue weighted by Crippen LogP contribution is 2.10. The molecule has 0 aromatic carbocycles. The average Bonchev–Trinajstić information content (AvgIpc) is 2.89. The zero-order chi connectivity index (χ0) is 13.1. The number of likely N-dealkylation sites (tertiary alicyclic amines) is 1. The lowest BCUT2D eigenvalue weighted by atomic mass is 10.1. The molecule has 0 radical (unpaired) electrons. The minimum absolute atomic E-state index is 0.550. The van der Waals surface area contributed by atoms with Crippen LogP contribution in [0.25, 0.3) is 5.65 Å². The molecule has 0 N–H and O–H groups in total. The van der Waals surface area contributed by atoms with E-state index in [1.54, 1.807) is 10.6 Å². The summed E-state index contributed by atoms with van der Waals surface area (Å²) in [5.41, 5.74) is 1.30. The Kier molecular flexibility index (Phi) is 3.55. The maximum Gasteiger partial charge on any atom is 0.168 e. The van der Waals surface area contributed by atoms with E-state index in [-0.39, 0.29) is 0 Å². The molecule has 0 amide bonds. The predicted octanol–water partition coefficient (Wildman–Crippen LogP) is 1.57. The van der Waals surface area contributed by atoms with Crippen LogP contribution in [0.4, 0.5) is 0 Å². The normalized spacial score (nSPS) is 16.8. The van der Waals surface area contributed by atoms with Crippen molar-refractivity contribution in [1.29, 1.82) is 0 Å². The monoisotopic (exact) mass is 258 g/mol. The molecule has 1 aliphatic rings. The Balaban J connectivity index is 1.72. The van der Waals surface area contributed by atoms with E-state index < -0.39 is 0 Å². The number of carbonyl (C=O) groups is 1. The number of piperidine rings is 1. The maximum absolute atomic E-state index is 10.9. The first-order chi connectivity index (χ1) is 9.36. The highest BCUT2D eigenvalue weighted by Gasteiger charge is 2.12.